The van der Waals surface area contributed by atoms with Crippen molar-refractivity contribution in [3.05, 3.63) is 90.0 Å². The van der Waals surface area contributed by atoms with Crippen LogP contribution in [0.5, 0.6) is 11.5 Å². The molecule has 4 aromatic rings. The second-order valence-corrected chi connectivity index (χ2v) is 9.14. The van der Waals surface area contributed by atoms with Crippen LogP contribution in [-0.2, 0) is 11.3 Å². The van der Waals surface area contributed by atoms with Gasteiger partial charge in [-0.25, -0.2) is 4.79 Å². The number of fused-ring (bicyclic) bond motifs is 2. The van der Waals surface area contributed by atoms with E-state index in [0.717, 1.165) is 50.9 Å². The third-order valence-electron chi connectivity index (χ3n) is 5.84. The van der Waals surface area contributed by atoms with Gasteiger partial charge in [-0.3, -0.25) is 0 Å². The van der Waals surface area contributed by atoms with Crippen molar-refractivity contribution in [1.29, 1.82) is 0 Å². The van der Waals surface area contributed by atoms with Crippen LogP contribution in [0.4, 0.5) is 0 Å². The lowest BCUT2D eigenvalue weighted by Crippen LogP contribution is -2.09. The molecule has 0 bridgehead atoms. The first kappa shape index (κ1) is 22.4. The SMILES string of the molecule is CCCCOc1cc(C(=O)OCc2ccccc2)c(-c2ccccc2)c2cc3c(cc12)OCS3. The highest BCUT2D eigenvalue weighted by Gasteiger charge is 2.24. The topological polar surface area (TPSA) is 44.8 Å². The Morgan fingerprint density at radius 3 is 2.50 bits per heavy atom. The molecule has 0 radical (unpaired) electrons. The van der Waals surface area contributed by atoms with E-state index in [1.54, 1.807) is 11.8 Å². The van der Waals surface area contributed by atoms with Crippen molar-refractivity contribution in [3.63, 3.8) is 0 Å². The number of benzene rings is 4. The molecular formula is C29H26O4S. The van der Waals surface area contributed by atoms with Crippen LogP contribution in [0.2, 0.25) is 0 Å². The van der Waals surface area contributed by atoms with Crippen molar-refractivity contribution in [2.45, 2.75) is 31.3 Å². The number of rotatable bonds is 8. The van der Waals surface area contributed by atoms with Crippen LogP contribution in [0, 0.1) is 0 Å². The molecule has 0 N–H and O–H groups in total. The molecule has 172 valence electrons. The number of esters is 1. The van der Waals surface area contributed by atoms with E-state index in [0.29, 0.717) is 23.9 Å². The Kier molecular flexibility index (Phi) is 6.72. The van der Waals surface area contributed by atoms with Crippen LogP contribution in [0.1, 0.15) is 35.7 Å². The van der Waals surface area contributed by atoms with Gasteiger partial charge in [-0.2, -0.15) is 0 Å². The molecule has 1 aliphatic heterocycles. The summed E-state index contributed by atoms with van der Waals surface area (Å²) < 4.78 is 17.8. The standard InChI is InChI=1S/C29H26O4S/c1-2-3-14-31-25-16-24(29(30)32-18-20-10-6-4-7-11-20)28(21-12-8-5-9-13-21)23-17-27-26(15-22(23)25)33-19-34-27/h4-13,15-17H,2-3,14,18-19H2,1H3. The summed E-state index contributed by atoms with van der Waals surface area (Å²) in [5, 5.41) is 1.90. The number of hydrogen-bond acceptors (Lipinski definition) is 5. The number of carbonyl (C=O) groups is 1. The summed E-state index contributed by atoms with van der Waals surface area (Å²) in [6, 6.07) is 25.7. The molecule has 0 amide bonds. The number of unbranched alkanes of at least 4 members (excludes halogenated alkanes) is 1. The predicted octanol–water partition coefficient (Wildman–Crippen LogP) is 7.48. The van der Waals surface area contributed by atoms with Crippen molar-refractivity contribution >= 4 is 28.5 Å². The van der Waals surface area contributed by atoms with Gasteiger partial charge < -0.3 is 14.2 Å². The Morgan fingerprint density at radius 1 is 0.971 bits per heavy atom. The number of ether oxygens (including phenoxy) is 3. The monoisotopic (exact) mass is 470 g/mol. The van der Waals surface area contributed by atoms with Crippen LogP contribution in [0.3, 0.4) is 0 Å². The third-order valence-corrected chi connectivity index (χ3v) is 6.71. The number of thioether (sulfide) groups is 1. The maximum Gasteiger partial charge on any atom is 0.339 e. The summed E-state index contributed by atoms with van der Waals surface area (Å²) in [5.41, 5.74) is 3.27. The molecular weight excluding hydrogens is 444 g/mol. The highest BCUT2D eigenvalue weighted by Crippen LogP contribution is 2.45. The number of carbonyl (C=O) groups excluding carboxylic acids is 1. The van der Waals surface area contributed by atoms with Gasteiger partial charge in [-0.1, -0.05) is 85.8 Å². The minimum absolute atomic E-state index is 0.214. The highest BCUT2D eigenvalue weighted by atomic mass is 32.2. The second-order valence-electron chi connectivity index (χ2n) is 8.18. The molecule has 0 aliphatic carbocycles. The summed E-state index contributed by atoms with van der Waals surface area (Å²) in [5.74, 6) is 1.76. The van der Waals surface area contributed by atoms with E-state index in [-0.39, 0.29) is 12.6 Å². The number of hydrogen-bond donors (Lipinski definition) is 0. The molecule has 1 heterocycles. The molecule has 0 atom stereocenters. The summed E-state index contributed by atoms with van der Waals surface area (Å²) in [4.78, 5) is 14.5. The zero-order chi connectivity index (χ0) is 23.3. The first-order chi connectivity index (χ1) is 16.7. The van der Waals surface area contributed by atoms with Crippen molar-refractivity contribution < 1.29 is 19.0 Å². The first-order valence-electron chi connectivity index (χ1n) is 11.5. The fourth-order valence-corrected chi connectivity index (χ4v) is 4.88. The molecule has 0 aromatic heterocycles. The molecule has 5 rings (SSSR count). The van der Waals surface area contributed by atoms with Gasteiger partial charge in [-0.05, 0) is 41.1 Å². The maximum absolute atomic E-state index is 13.5. The summed E-state index contributed by atoms with van der Waals surface area (Å²) in [7, 11) is 0. The lowest BCUT2D eigenvalue weighted by atomic mass is 9.92. The van der Waals surface area contributed by atoms with E-state index < -0.39 is 0 Å². The average Bonchev–Trinajstić information content (AvgIpc) is 3.34. The van der Waals surface area contributed by atoms with Crippen molar-refractivity contribution in [1.82, 2.24) is 0 Å². The molecule has 4 aromatic carbocycles. The van der Waals surface area contributed by atoms with Crippen LogP contribution >= 0.6 is 11.8 Å². The lowest BCUT2D eigenvalue weighted by molar-refractivity contribution is 0.0473. The molecule has 5 heteroatoms. The Morgan fingerprint density at radius 2 is 1.74 bits per heavy atom. The molecule has 0 unspecified atom stereocenters. The zero-order valence-corrected chi connectivity index (χ0v) is 19.9. The van der Waals surface area contributed by atoms with Crippen LogP contribution in [0.15, 0.2) is 83.8 Å². The van der Waals surface area contributed by atoms with E-state index >= 15 is 0 Å². The summed E-state index contributed by atoms with van der Waals surface area (Å²) in [6.45, 7) is 2.93. The molecule has 0 saturated carbocycles. The van der Waals surface area contributed by atoms with Gasteiger partial charge in [0.25, 0.3) is 0 Å². The lowest BCUT2D eigenvalue weighted by Gasteiger charge is -2.18. The average molecular weight is 471 g/mol. The van der Waals surface area contributed by atoms with Gasteiger partial charge in [0, 0.05) is 10.9 Å². The predicted molar refractivity (Wildman–Crippen MR) is 137 cm³/mol. The Bertz CT molecular complexity index is 1300. The molecule has 1 aliphatic rings. The third kappa shape index (κ3) is 4.62. The van der Waals surface area contributed by atoms with Crippen molar-refractivity contribution in [3.8, 4) is 22.6 Å². The zero-order valence-electron chi connectivity index (χ0n) is 19.1. The van der Waals surface area contributed by atoms with Gasteiger partial charge in [0.1, 0.15) is 24.0 Å². The van der Waals surface area contributed by atoms with Crippen LogP contribution < -0.4 is 9.47 Å². The van der Waals surface area contributed by atoms with E-state index in [1.165, 1.54) is 0 Å². The minimum Gasteiger partial charge on any atom is -0.493 e. The van der Waals surface area contributed by atoms with Crippen LogP contribution in [0.25, 0.3) is 21.9 Å². The van der Waals surface area contributed by atoms with Gasteiger partial charge in [0.05, 0.1) is 17.1 Å². The Hall–Kier alpha value is -3.44. The maximum atomic E-state index is 13.5. The quantitative estimate of drug-likeness (QED) is 0.197. The fourth-order valence-electron chi connectivity index (χ4n) is 4.10. The molecule has 34 heavy (non-hydrogen) atoms. The molecule has 0 spiro atoms. The summed E-state index contributed by atoms with van der Waals surface area (Å²) in [6.07, 6.45) is 1.97. The highest BCUT2D eigenvalue weighted by molar-refractivity contribution is 7.99. The van der Waals surface area contributed by atoms with E-state index in [2.05, 4.69) is 13.0 Å². The molecule has 4 nitrogen and oxygen atoms in total. The first-order valence-corrected chi connectivity index (χ1v) is 12.5. The Labute approximate surface area is 203 Å². The van der Waals surface area contributed by atoms with Crippen LogP contribution in [-0.4, -0.2) is 18.5 Å². The second kappa shape index (κ2) is 10.2. The van der Waals surface area contributed by atoms with Gasteiger partial charge in [-0.15, -0.1) is 0 Å². The van der Waals surface area contributed by atoms with Gasteiger partial charge in [0.15, 0.2) is 0 Å². The van der Waals surface area contributed by atoms with E-state index in [9.17, 15) is 4.79 Å². The van der Waals surface area contributed by atoms with E-state index in [1.807, 2.05) is 72.8 Å². The fraction of sp³-hybridized carbons (Fsp3) is 0.207. The largest absolute Gasteiger partial charge is 0.493 e. The van der Waals surface area contributed by atoms with Crippen molar-refractivity contribution in [2.75, 3.05) is 12.5 Å². The summed E-state index contributed by atoms with van der Waals surface area (Å²) >= 11 is 1.66. The Balaban J connectivity index is 1.65. The van der Waals surface area contributed by atoms with E-state index in [4.69, 9.17) is 14.2 Å². The van der Waals surface area contributed by atoms with Gasteiger partial charge >= 0.3 is 5.97 Å². The minimum atomic E-state index is -0.366. The van der Waals surface area contributed by atoms with Gasteiger partial charge in [0.2, 0.25) is 0 Å². The normalized spacial score (nSPS) is 12.3. The van der Waals surface area contributed by atoms with Crippen molar-refractivity contribution in [2.24, 2.45) is 0 Å². The molecule has 0 saturated heterocycles. The molecule has 0 fully saturated rings. The smallest absolute Gasteiger partial charge is 0.339 e.